The summed E-state index contributed by atoms with van der Waals surface area (Å²) in [4.78, 5) is 12.2. The molecule has 0 atom stereocenters. The van der Waals surface area contributed by atoms with Crippen molar-refractivity contribution in [1.29, 1.82) is 0 Å². The number of carbonyl (C=O) groups is 1. The van der Waals surface area contributed by atoms with Crippen molar-refractivity contribution in [3.05, 3.63) is 87.4 Å². The molecule has 1 amide bonds. The molecule has 3 nitrogen and oxygen atoms in total. The summed E-state index contributed by atoms with van der Waals surface area (Å²) in [5.74, 6) is 0.899. The largest absolute Gasteiger partial charge is 0.456 e. The predicted octanol–water partition coefficient (Wildman–Crippen LogP) is 6.69. The summed E-state index contributed by atoms with van der Waals surface area (Å²) in [6.07, 6.45) is 0. The second-order valence-corrected chi connectivity index (χ2v) is 6.36. The first-order valence-corrected chi connectivity index (χ1v) is 8.45. The van der Waals surface area contributed by atoms with Crippen molar-refractivity contribution in [2.45, 2.75) is 0 Å². The van der Waals surface area contributed by atoms with Gasteiger partial charge in [-0.3, -0.25) is 4.79 Å². The molecular weight excluding hydrogens is 381 g/mol. The Hall–Kier alpha value is -2.20. The lowest BCUT2D eigenvalue weighted by Crippen LogP contribution is -2.11. The molecule has 0 spiro atoms. The van der Waals surface area contributed by atoms with Gasteiger partial charge in [-0.2, -0.15) is 0 Å². The average Bonchev–Trinajstić information content (AvgIpc) is 2.61. The maximum atomic E-state index is 12.2. The Kier molecular flexibility index (Phi) is 5.49. The highest BCUT2D eigenvalue weighted by atomic mass is 35.5. The summed E-state index contributed by atoms with van der Waals surface area (Å²) in [6, 6.07) is 18.9. The number of hydrogen-bond acceptors (Lipinski definition) is 2. The molecule has 0 aliphatic heterocycles. The van der Waals surface area contributed by atoms with Crippen LogP contribution in [0.1, 0.15) is 10.4 Å². The van der Waals surface area contributed by atoms with Gasteiger partial charge in [0.25, 0.3) is 5.91 Å². The summed E-state index contributed by atoms with van der Waals surface area (Å²) >= 11 is 17.8. The van der Waals surface area contributed by atoms with Gasteiger partial charge in [-0.25, -0.2) is 0 Å². The van der Waals surface area contributed by atoms with Gasteiger partial charge >= 0.3 is 0 Å². The van der Waals surface area contributed by atoms with Gasteiger partial charge in [0.05, 0.1) is 15.1 Å². The summed E-state index contributed by atoms with van der Waals surface area (Å²) in [5, 5.41) is 4.05. The molecule has 3 rings (SSSR count). The van der Waals surface area contributed by atoms with Crippen molar-refractivity contribution < 1.29 is 9.53 Å². The van der Waals surface area contributed by atoms with Crippen LogP contribution in [0.4, 0.5) is 5.69 Å². The Morgan fingerprint density at radius 2 is 1.52 bits per heavy atom. The number of benzene rings is 3. The molecular formula is C19H12Cl3NO2. The first-order chi connectivity index (χ1) is 12.0. The van der Waals surface area contributed by atoms with Crippen LogP contribution in [0.5, 0.6) is 11.5 Å². The molecule has 0 heterocycles. The molecule has 0 fully saturated rings. The minimum absolute atomic E-state index is 0.279. The van der Waals surface area contributed by atoms with Gasteiger partial charge < -0.3 is 10.1 Å². The molecule has 0 saturated heterocycles. The number of nitrogens with one attached hydrogen (secondary N) is 1. The van der Waals surface area contributed by atoms with Crippen molar-refractivity contribution >= 4 is 46.4 Å². The number of ether oxygens (including phenoxy) is 1. The topological polar surface area (TPSA) is 38.3 Å². The van der Waals surface area contributed by atoms with E-state index in [9.17, 15) is 4.79 Å². The molecule has 6 heteroatoms. The number of halogens is 3. The van der Waals surface area contributed by atoms with Crippen molar-refractivity contribution in [3.8, 4) is 11.5 Å². The Balaban J connectivity index is 1.69. The zero-order valence-electron chi connectivity index (χ0n) is 12.8. The van der Waals surface area contributed by atoms with Gasteiger partial charge in [-0.05, 0) is 54.6 Å². The number of rotatable bonds is 4. The van der Waals surface area contributed by atoms with E-state index in [1.807, 2.05) is 12.1 Å². The number of para-hydroxylation sites is 1. The lowest BCUT2D eigenvalue weighted by atomic mass is 10.2. The van der Waals surface area contributed by atoms with Gasteiger partial charge in [-0.1, -0.05) is 46.9 Å². The maximum Gasteiger partial charge on any atom is 0.255 e. The van der Waals surface area contributed by atoms with Gasteiger partial charge in [0, 0.05) is 11.3 Å². The van der Waals surface area contributed by atoms with Crippen molar-refractivity contribution in [1.82, 2.24) is 0 Å². The SMILES string of the molecule is O=C(Nc1ccc(Oc2ccccc2Cl)cc1)c1ccc(Cl)c(Cl)c1. The van der Waals surface area contributed by atoms with Crippen LogP contribution in [-0.4, -0.2) is 5.91 Å². The van der Waals surface area contributed by atoms with E-state index >= 15 is 0 Å². The zero-order chi connectivity index (χ0) is 17.8. The second kappa shape index (κ2) is 7.79. The summed E-state index contributed by atoms with van der Waals surface area (Å²) in [6.45, 7) is 0. The van der Waals surface area contributed by atoms with Gasteiger partial charge in [0.15, 0.2) is 0 Å². The number of amides is 1. The average molecular weight is 393 g/mol. The van der Waals surface area contributed by atoms with E-state index in [0.29, 0.717) is 37.8 Å². The van der Waals surface area contributed by atoms with Gasteiger partial charge in [0.1, 0.15) is 11.5 Å². The van der Waals surface area contributed by atoms with Crippen LogP contribution in [0.3, 0.4) is 0 Å². The number of anilines is 1. The fraction of sp³-hybridized carbons (Fsp3) is 0. The van der Waals surface area contributed by atoms with E-state index in [1.54, 1.807) is 48.5 Å². The molecule has 3 aromatic carbocycles. The standard InChI is InChI=1S/C19H12Cl3NO2/c20-15-10-5-12(11-17(15)22)19(24)23-13-6-8-14(9-7-13)25-18-4-2-1-3-16(18)21/h1-11H,(H,23,24). The Morgan fingerprint density at radius 3 is 2.20 bits per heavy atom. The quantitative estimate of drug-likeness (QED) is 0.537. The fourth-order valence-electron chi connectivity index (χ4n) is 2.10. The van der Waals surface area contributed by atoms with Crippen molar-refractivity contribution in [2.24, 2.45) is 0 Å². The third-order valence-electron chi connectivity index (χ3n) is 3.36. The molecule has 0 aliphatic rings. The minimum atomic E-state index is -0.279. The van der Waals surface area contributed by atoms with Crippen LogP contribution >= 0.6 is 34.8 Å². The van der Waals surface area contributed by atoms with E-state index < -0.39 is 0 Å². The zero-order valence-corrected chi connectivity index (χ0v) is 15.1. The lowest BCUT2D eigenvalue weighted by molar-refractivity contribution is 0.102. The first-order valence-electron chi connectivity index (χ1n) is 7.32. The molecule has 0 unspecified atom stereocenters. The Bertz CT molecular complexity index is 911. The maximum absolute atomic E-state index is 12.2. The first kappa shape index (κ1) is 17.6. The molecule has 3 aromatic rings. The van der Waals surface area contributed by atoms with E-state index in [1.165, 1.54) is 6.07 Å². The molecule has 0 aliphatic carbocycles. The molecule has 126 valence electrons. The molecule has 0 saturated carbocycles. The number of hydrogen-bond donors (Lipinski definition) is 1. The van der Waals surface area contributed by atoms with Crippen LogP contribution in [0, 0.1) is 0 Å². The van der Waals surface area contributed by atoms with E-state index in [2.05, 4.69) is 5.32 Å². The highest BCUT2D eigenvalue weighted by Gasteiger charge is 2.09. The van der Waals surface area contributed by atoms with Crippen LogP contribution in [0.25, 0.3) is 0 Å². The van der Waals surface area contributed by atoms with Gasteiger partial charge in [0.2, 0.25) is 0 Å². The lowest BCUT2D eigenvalue weighted by Gasteiger charge is -2.09. The summed E-state index contributed by atoms with van der Waals surface area (Å²) in [5.41, 5.74) is 1.05. The van der Waals surface area contributed by atoms with Crippen LogP contribution in [0.15, 0.2) is 66.7 Å². The van der Waals surface area contributed by atoms with E-state index in [4.69, 9.17) is 39.5 Å². The van der Waals surface area contributed by atoms with Crippen molar-refractivity contribution in [3.63, 3.8) is 0 Å². The molecule has 0 aromatic heterocycles. The van der Waals surface area contributed by atoms with Crippen LogP contribution in [-0.2, 0) is 0 Å². The summed E-state index contributed by atoms with van der Waals surface area (Å²) < 4.78 is 5.71. The monoisotopic (exact) mass is 391 g/mol. The third-order valence-corrected chi connectivity index (χ3v) is 4.41. The Morgan fingerprint density at radius 1 is 0.800 bits per heavy atom. The Labute approximate surface area is 160 Å². The molecule has 0 radical (unpaired) electrons. The van der Waals surface area contributed by atoms with Crippen LogP contribution in [0.2, 0.25) is 15.1 Å². The third kappa shape index (κ3) is 4.45. The number of carbonyl (C=O) groups excluding carboxylic acids is 1. The fourth-order valence-corrected chi connectivity index (χ4v) is 2.57. The molecule has 25 heavy (non-hydrogen) atoms. The van der Waals surface area contributed by atoms with Crippen LogP contribution < -0.4 is 10.1 Å². The van der Waals surface area contributed by atoms with E-state index in [-0.39, 0.29) is 5.91 Å². The summed E-state index contributed by atoms with van der Waals surface area (Å²) in [7, 11) is 0. The van der Waals surface area contributed by atoms with E-state index in [0.717, 1.165) is 0 Å². The molecule has 1 N–H and O–H groups in total. The minimum Gasteiger partial charge on any atom is -0.456 e. The van der Waals surface area contributed by atoms with Crippen molar-refractivity contribution in [2.75, 3.05) is 5.32 Å². The van der Waals surface area contributed by atoms with Gasteiger partial charge in [-0.15, -0.1) is 0 Å². The highest BCUT2D eigenvalue weighted by molar-refractivity contribution is 6.42. The molecule has 0 bridgehead atoms. The smallest absolute Gasteiger partial charge is 0.255 e. The normalized spacial score (nSPS) is 10.4. The highest BCUT2D eigenvalue weighted by Crippen LogP contribution is 2.29. The second-order valence-electron chi connectivity index (χ2n) is 5.14. The predicted molar refractivity (Wildman–Crippen MR) is 102 cm³/mol.